The van der Waals surface area contributed by atoms with Gasteiger partial charge in [-0.15, -0.1) is 0 Å². The van der Waals surface area contributed by atoms with Crippen LogP contribution in [0.25, 0.3) is 0 Å². The Morgan fingerprint density at radius 3 is 2.33 bits per heavy atom. The van der Waals surface area contributed by atoms with Crippen LogP contribution in [0.2, 0.25) is 0 Å². The smallest absolute Gasteiger partial charge is 0.409 e. The lowest BCUT2D eigenvalue weighted by atomic mass is 10.1. The van der Waals surface area contributed by atoms with Crippen LogP contribution in [0.15, 0.2) is 12.1 Å². The molecule has 7 heteroatoms. The fourth-order valence-corrected chi connectivity index (χ4v) is 2.26. The SMILES string of the molecule is CCOC(=O)N1CCN(c2c(F)cc(C#N)cc2F)CC1. The van der Waals surface area contributed by atoms with Crippen LogP contribution in [0.1, 0.15) is 12.5 Å². The number of hydrogen-bond acceptors (Lipinski definition) is 4. The molecule has 0 saturated carbocycles. The number of nitrogens with zero attached hydrogens (tertiary/aromatic N) is 3. The summed E-state index contributed by atoms with van der Waals surface area (Å²) in [5, 5.41) is 8.68. The van der Waals surface area contributed by atoms with E-state index in [9.17, 15) is 13.6 Å². The Morgan fingerprint density at radius 2 is 1.86 bits per heavy atom. The van der Waals surface area contributed by atoms with Crippen LogP contribution in [0.4, 0.5) is 19.3 Å². The van der Waals surface area contributed by atoms with Crippen molar-refractivity contribution in [3.05, 3.63) is 29.3 Å². The molecule has 0 atom stereocenters. The van der Waals surface area contributed by atoms with E-state index >= 15 is 0 Å². The van der Waals surface area contributed by atoms with E-state index in [4.69, 9.17) is 10.00 Å². The maximum Gasteiger partial charge on any atom is 0.409 e. The summed E-state index contributed by atoms with van der Waals surface area (Å²) in [5.74, 6) is -1.53. The van der Waals surface area contributed by atoms with Crippen LogP contribution < -0.4 is 4.90 Å². The number of piperazine rings is 1. The summed E-state index contributed by atoms with van der Waals surface area (Å²) in [7, 11) is 0. The molecule has 1 aliphatic rings. The molecule has 1 amide bonds. The van der Waals surface area contributed by atoms with Gasteiger partial charge in [-0.25, -0.2) is 13.6 Å². The molecule has 0 spiro atoms. The molecule has 0 radical (unpaired) electrons. The van der Waals surface area contributed by atoms with Gasteiger partial charge in [0.05, 0.1) is 18.2 Å². The van der Waals surface area contributed by atoms with Gasteiger partial charge >= 0.3 is 6.09 Å². The van der Waals surface area contributed by atoms with Crippen molar-refractivity contribution in [2.45, 2.75) is 6.92 Å². The number of amides is 1. The Bertz CT molecular complexity index is 555. The maximum atomic E-state index is 13.9. The second-order valence-electron chi connectivity index (χ2n) is 4.57. The number of rotatable bonds is 2. The molecule has 1 aliphatic heterocycles. The summed E-state index contributed by atoms with van der Waals surface area (Å²) in [6.45, 7) is 3.28. The molecule has 0 aromatic heterocycles. The van der Waals surface area contributed by atoms with Crippen molar-refractivity contribution in [3.8, 4) is 6.07 Å². The van der Waals surface area contributed by atoms with Gasteiger partial charge in [0.2, 0.25) is 0 Å². The van der Waals surface area contributed by atoms with Crippen LogP contribution in [0.3, 0.4) is 0 Å². The van der Waals surface area contributed by atoms with E-state index < -0.39 is 17.7 Å². The van der Waals surface area contributed by atoms with Crippen molar-refractivity contribution in [2.24, 2.45) is 0 Å². The Morgan fingerprint density at radius 1 is 1.29 bits per heavy atom. The van der Waals surface area contributed by atoms with Gasteiger partial charge in [-0.2, -0.15) is 5.26 Å². The van der Waals surface area contributed by atoms with E-state index in [-0.39, 0.29) is 17.9 Å². The van der Waals surface area contributed by atoms with Gasteiger partial charge in [-0.05, 0) is 19.1 Å². The number of carbonyl (C=O) groups is 1. The highest BCUT2D eigenvalue weighted by Gasteiger charge is 2.25. The first-order valence-corrected chi connectivity index (χ1v) is 6.62. The molecule has 21 heavy (non-hydrogen) atoms. The lowest BCUT2D eigenvalue weighted by molar-refractivity contribution is 0.105. The molecule has 0 unspecified atom stereocenters. The topological polar surface area (TPSA) is 56.6 Å². The van der Waals surface area contributed by atoms with Gasteiger partial charge in [0.15, 0.2) is 11.6 Å². The zero-order chi connectivity index (χ0) is 15.4. The standard InChI is InChI=1S/C14H15F2N3O2/c1-2-21-14(20)19-5-3-18(4-6-19)13-11(15)7-10(9-17)8-12(13)16/h7-8H,2-6H2,1H3. The Hall–Kier alpha value is -2.36. The lowest BCUT2D eigenvalue weighted by Crippen LogP contribution is -2.49. The van der Waals surface area contributed by atoms with Crippen molar-refractivity contribution >= 4 is 11.8 Å². The van der Waals surface area contributed by atoms with E-state index in [0.29, 0.717) is 26.2 Å². The van der Waals surface area contributed by atoms with E-state index in [1.165, 1.54) is 9.80 Å². The minimum Gasteiger partial charge on any atom is -0.450 e. The normalized spacial score (nSPS) is 14.8. The zero-order valence-corrected chi connectivity index (χ0v) is 11.6. The lowest BCUT2D eigenvalue weighted by Gasteiger charge is -2.35. The minimum atomic E-state index is -0.767. The second-order valence-corrected chi connectivity index (χ2v) is 4.57. The van der Waals surface area contributed by atoms with E-state index in [2.05, 4.69) is 0 Å². The molecule has 1 saturated heterocycles. The second kappa shape index (κ2) is 6.39. The van der Waals surface area contributed by atoms with E-state index in [1.54, 1.807) is 13.0 Å². The summed E-state index contributed by atoms with van der Waals surface area (Å²) in [6.07, 6.45) is -0.419. The first kappa shape index (κ1) is 15.0. The molecule has 0 aliphatic carbocycles. The Labute approximate surface area is 121 Å². The van der Waals surface area contributed by atoms with Crippen molar-refractivity contribution in [3.63, 3.8) is 0 Å². The molecule has 112 valence electrons. The van der Waals surface area contributed by atoms with Crippen LogP contribution >= 0.6 is 0 Å². The quantitative estimate of drug-likeness (QED) is 0.838. The highest BCUT2D eigenvalue weighted by molar-refractivity contribution is 5.68. The highest BCUT2D eigenvalue weighted by atomic mass is 19.1. The number of anilines is 1. The molecule has 1 aromatic carbocycles. The zero-order valence-electron chi connectivity index (χ0n) is 11.6. The number of benzene rings is 1. The Kier molecular flexibility index (Phi) is 4.58. The number of halogens is 2. The third-order valence-corrected chi connectivity index (χ3v) is 3.27. The summed E-state index contributed by atoms with van der Waals surface area (Å²) < 4.78 is 32.7. The van der Waals surface area contributed by atoms with Gasteiger partial charge in [0.1, 0.15) is 5.69 Å². The van der Waals surface area contributed by atoms with Gasteiger partial charge in [0.25, 0.3) is 0 Å². The molecule has 0 bridgehead atoms. The molecule has 1 aromatic rings. The van der Waals surface area contributed by atoms with Gasteiger partial charge in [-0.3, -0.25) is 0 Å². The average Bonchev–Trinajstić information content (AvgIpc) is 2.47. The van der Waals surface area contributed by atoms with E-state index in [1.807, 2.05) is 0 Å². The van der Waals surface area contributed by atoms with Gasteiger partial charge in [-0.1, -0.05) is 0 Å². The molecule has 5 nitrogen and oxygen atoms in total. The number of carbonyl (C=O) groups excluding carboxylic acids is 1. The van der Waals surface area contributed by atoms with Gasteiger partial charge in [0, 0.05) is 26.2 Å². The number of hydrogen-bond donors (Lipinski definition) is 0. The predicted molar refractivity (Wildman–Crippen MR) is 71.9 cm³/mol. The van der Waals surface area contributed by atoms with Crippen molar-refractivity contribution in [1.29, 1.82) is 5.26 Å². The number of ether oxygens (including phenoxy) is 1. The molecular weight excluding hydrogens is 280 g/mol. The molecule has 2 rings (SSSR count). The summed E-state index contributed by atoms with van der Waals surface area (Å²) in [6, 6.07) is 3.73. The number of nitriles is 1. The van der Waals surface area contributed by atoms with Gasteiger partial charge < -0.3 is 14.5 Å². The maximum absolute atomic E-state index is 13.9. The molecule has 1 heterocycles. The van der Waals surface area contributed by atoms with Crippen LogP contribution in [0.5, 0.6) is 0 Å². The first-order valence-electron chi connectivity index (χ1n) is 6.62. The van der Waals surface area contributed by atoms with Crippen LogP contribution in [-0.2, 0) is 4.74 Å². The summed E-state index contributed by atoms with van der Waals surface area (Å²) >= 11 is 0. The average molecular weight is 295 g/mol. The fraction of sp³-hybridized carbons (Fsp3) is 0.429. The Balaban J connectivity index is 2.09. The van der Waals surface area contributed by atoms with Crippen molar-refractivity contribution in [2.75, 3.05) is 37.7 Å². The molecule has 1 fully saturated rings. The molecular formula is C14H15F2N3O2. The van der Waals surface area contributed by atoms with E-state index in [0.717, 1.165) is 12.1 Å². The van der Waals surface area contributed by atoms with Crippen LogP contribution in [-0.4, -0.2) is 43.8 Å². The summed E-state index contributed by atoms with van der Waals surface area (Å²) in [5.41, 5.74) is -0.212. The molecule has 0 N–H and O–H groups in total. The third kappa shape index (κ3) is 3.21. The predicted octanol–water partition coefficient (Wildman–Crippen LogP) is 2.11. The summed E-state index contributed by atoms with van der Waals surface area (Å²) in [4.78, 5) is 14.6. The minimum absolute atomic E-state index is 0.0566. The van der Waals surface area contributed by atoms with Crippen molar-refractivity contribution < 1.29 is 18.3 Å². The third-order valence-electron chi connectivity index (χ3n) is 3.27. The largest absolute Gasteiger partial charge is 0.450 e. The van der Waals surface area contributed by atoms with Crippen LogP contribution in [0, 0.1) is 23.0 Å². The highest BCUT2D eigenvalue weighted by Crippen LogP contribution is 2.26. The van der Waals surface area contributed by atoms with Crippen molar-refractivity contribution in [1.82, 2.24) is 4.90 Å². The monoisotopic (exact) mass is 295 g/mol. The fourth-order valence-electron chi connectivity index (χ4n) is 2.26. The first-order chi connectivity index (χ1) is 10.1.